The summed E-state index contributed by atoms with van der Waals surface area (Å²) in [7, 11) is 1.70. The third-order valence-corrected chi connectivity index (χ3v) is 12.2. The lowest BCUT2D eigenvalue weighted by atomic mass is 9.75. The second-order valence-electron chi connectivity index (χ2n) is 15.6. The number of nitriles is 1. The van der Waals surface area contributed by atoms with Gasteiger partial charge in [-0.1, -0.05) is 113 Å². The number of methoxy groups -OCH3 is 1. The van der Waals surface area contributed by atoms with E-state index in [1.807, 2.05) is 18.2 Å². The first-order valence-electron chi connectivity index (χ1n) is 18.0. The monoisotopic (exact) mass is 671 g/mol. The molecule has 7 aromatic carbocycles. The molecule has 0 amide bonds. The van der Waals surface area contributed by atoms with Crippen LogP contribution < -0.4 is 9.47 Å². The number of fused-ring (bicyclic) bond motifs is 12. The van der Waals surface area contributed by atoms with Gasteiger partial charge in [0.1, 0.15) is 11.5 Å². The molecular formula is C49H37NO2. The Morgan fingerprint density at radius 3 is 2.02 bits per heavy atom. The summed E-state index contributed by atoms with van der Waals surface area (Å²) >= 11 is 0. The second kappa shape index (κ2) is 10.5. The minimum atomic E-state index is -0.912. The fourth-order valence-electron chi connectivity index (χ4n) is 9.47. The smallest absolute Gasteiger partial charge is 0.178 e. The Morgan fingerprint density at radius 1 is 0.615 bits per heavy atom. The predicted molar refractivity (Wildman–Crippen MR) is 211 cm³/mol. The first kappa shape index (κ1) is 30.7. The van der Waals surface area contributed by atoms with Crippen molar-refractivity contribution in [3.8, 4) is 39.8 Å². The highest BCUT2D eigenvalue weighted by molar-refractivity contribution is 6.08. The largest absolute Gasteiger partial charge is 0.497 e. The van der Waals surface area contributed by atoms with Crippen LogP contribution in [0.3, 0.4) is 0 Å². The standard InChI is InChI=1S/C49H37NO2/c1-47(2)42-26-31-11-7-6-10-30(31)25-40(42)35-21-17-33(27-43(35)47)49(32-15-18-34(51-5)19-16-32)23-22-39-45-44(36-12-8-9-13-37(36)46(39)52-49)38-20-14-29(28-50)24-41(38)48(45,3)4/h6-27H,1-5H3. The minimum absolute atomic E-state index is 0.201. The predicted octanol–water partition coefficient (Wildman–Crippen LogP) is 11.8. The molecule has 0 saturated carbocycles. The summed E-state index contributed by atoms with van der Waals surface area (Å²) < 4.78 is 13.2. The molecule has 3 nitrogen and oxygen atoms in total. The molecule has 0 N–H and O–H groups in total. The van der Waals surface area contributed by atoms with Crippen LogP contribution in [0.25, 0.3) is 49.9 Å². The molecule has 1 atom stereocenters. The molecule has 0 bridgehead atoms. The molecule has 1 aliphatic heterocycles. The maximum Gasteiger partial charge on any atom is 0.178 e. The summed E-state index contributed by atoms with van der Waals surface area (Å²) in [6, 6.07) is 45.8. The molecule has 2 aliphatic carbocycles. The lowest BCUT2D eigenvalue weighted by Gasteiger charge is -2.39. The molecule has 0 spiro atoms. The van der Waals surface area contributed by atoms with Gasteiger partial charge in [-0.25, -0.2) is 0 Å². The summed E-state index contributed by atoms with van der Waals surface area (Å²) in [5.41, 5.74) is 12.5. The number of nitrogens with zero attached hydrogens (tertiary/aromatic N) is 1. The lowest BCUT2D eigenvalue weighted by Crippen LogP contribution is -2.35. The van der Waals surface area contributed by atoms with E-state index in [-0.39, 0.29) is 10.8 Å². The van der Waals surface area contributed by atoms with Gasteiger partial charge in [-0.15, -0.1) is 0 Å². The van der Waals surface area contributed by atoms with Gasteiger partial charge < -0.3 is 9.47 Å². The molecule has 0 aromatic heterocycles. The molecule has 250 valence electrons. The third-order valence-electron chi connectivity index (χ3n) is 12.2. The molecule has 52 heavy (non-hydrogen) atoms. The molecule has 1 unspecified atom stereocenters. The van der Waals surface area contributed by atoms with Gasteiger partial charge >= 0.3 is 0 Å². The van der Waals surface area contributed by atoms with Gasteiger partial charge in [-0.3, -0.25) is 0 Å². The SMILES string of the molecule is COc1ccc(C2(c3ccc4c(c3)C(C)(C)c3cc5ccccc5cc3-4)C=Cc3c4c(c5ccccc5c3O2)-c2ccc(C#N)cc2C4(C)C)cc1. The lowest BCUT2D eigenvalue weighted by molar-refractivity contribution is 0.163. The van der Waals surface area contributed by atoms with Crippen LogP contribution in [-0.4, -0.2) is 7.11 Å². The van der Waals surface area contributed by atoms with Gasteiger partial charge in [0.25, 0.3) is 0 Å². The number of rotatable bonds is 3. The third kappa shape index (κ3) is 3.95. The quantitative estimate of drug-likeness (QED) is 0.188. The Morgan fingerprint density at radius 2 is 1.27 bits per heavy atom. The summed E-state index contributed by atoms with van der Waals surface area (Å²) in [4.78, 5) is 0. The molecule has 3 heteroatoms. The van der Waals surface area contributed by atoms with E-state index in [1.54, 1.807) is 7.11 Å². The number of benzene rings is 7. The normalized spacial score (nSPS) is 18.2. The van der Waals surface area contributed by atoms with Crippen LogP contribution in [0.5, 0.6) is 11.5 Å². The van der Waals surface area contributed by atoms with Crippen molar-refractivity contribution in [2.45, 2.75) is 44.1 Å². The van der Waals surface area contributed by atoms with Crippen LogP contribution in [-0.2, 0) is 16.4 Å². The van der Waals surface area contributed by atoms with E-state index in [0.717, 1.165) is 39.0 Å². The van der Waals surface area contributed by atoms with Crippen molar-refractivity contribution in [1.29, 1.82) is 5.26 Å². The molecular weight excluding hydrogens is 635 g/mol. The van der Waals surface area contributed by atoms with Gasteiger partial charge in [0.2, 0.25) is 0 Å². The van der Waals surface area contributed by atoms with Crippen molar-refractivity contribution in [2.24, 2.45) is 0 Å². The van der Waals surface area contributed by atoms with Crippen LogP contribution in [0.15, 0.2) is 127 Å². The van der Waals surface area contributed by atoms with Gasteiger partial charge in [0.05, 0.1) is 18.7 Å². The van der Waals surface area contributed by atoms with Crippen LogP contribution in [0, 0.1) is 11.3 Å². The van der Waals surface area contributed by atoms with E-state index >= 15 is 0 Å². The fourth-order valence-corrected chi connectivity index (χ4v) is 9.47. The zero-order valence-electron chi connectivity index (χ0n) is 30.0. The van der Waals surface area contributed by atoms with Crippen molar-refractivity contribution >= 4 is 27.6 Å². The maximum atomic E-state index is 9.82. The average molecular weight is 672 g/mol. The topological polar surface area (TPSA) is 42.2 Å². The Labute approximate surface area is 304 Å². The first-order chi connectivity index (χ1) is 25.2. The van der Waals surface area contributed by atoms with E-state index in [4.69, 9.17) is 9.47 Å². The zero-order chi connectivity index (χ0) is 35.6. The van der Waals surface area contributed by atoms with E-state index in [2.05, 4.69) is 149 Å². The van der Waals surface area contributed by atoms with Crippen molar-refractivity contribution in [3.63, 3.8) is 0 Å². The summed E-state index contributed by atoms with van der Waals surface area (Å²) in [5, 5.41) is 14.6. The molecule has 0 radical (unpaired) electrons. The van der Waals surface area contributed by atoms with Gasteiger partial charge in [-0.05, 0) is 109 Å². The highest BCUT2D eigenvalue weighted by Crippen LogP contribution is 2.59. The number of hydrogen-bond donors (Lipinski definition) is 0. The molecule has 3 aliphatic rings. The van der Waals surface area contributed by atoms with Crippen LogP contribution in [0.2, 0.25) is 0 Å². The Balaban J connectivity index is 1.22. The molecule has 1 heterocycles. The Kier molecular flexibility index (Phi) is 6.18. The zero-order valence-corrected chi connectivity index (χ0v) is 30.0. The Bertz CT molecular complexity index is 2760. The highest BCUT2D eigenvalue weighted by Gasteiger charge is 2.45. The fraction of sp³-hybridized carbons (Fsp3) is 0.163. The summed E-state index contributed by atoms with van der Waals surface area (Å²) in [5.74, 6) is 1.68. The molecule has 0 fully saturated rings. The molecule has 7 aromatic rings. The van der Waals surface area contributed by atoms with E-state index < -0.39 is 5.60 Å². The summed E-state index contributed by atoms with van der Waals surface area (Å²) in [6.45, 7) is 9.24. The first-order valence-corrected chi connectivity index (χ1v) is 18.0. The number of ether oxygens (including phenoxy) is 2. The van der Waals surface area contributed by atoms with E-state index in [1.165, 1.54) is 55.3 Å². The van der Waals surface area contributed by atoms with Crippen molar-refractivity contribution < 1.29 is 9.47 Å². The van der Waals surface area contributed by atoms with Crippen molar-refractivity contribution in [3.05, 3.63) is 172 Å². The van der Waals surface area contributed by atoms with Crippen LogP contribution in [0.4, 0.5) is 0 Å². The van der Waals surface area contributed by atoms with E-state index in [9.17, 15) is 5.26 Å². The van der Waals surface area contributed by atoms with Crippen LogP contribution in [0.1, 0.15) is 72.2 Å². The van der Waals surface area contributed by atoms with Gasteiger partial charge in [-0.2, -0.15) is 5.26 Å². The summed E-state index contributed by atoms with van der Waals surface area (Å²) in [6.07, 6.45) is 4.56. The van der Waals surface area contributed by atoms with Gasteiger partial charge in [0, 0.05) is 32.9 Å². The van der Waals surface area contributed by atoms with Crippen molar-refractivity contribution in [1.82, 2.24) is 0 Å². The maximum absolute atomic E-state index is 9.82. The average Bonchev–Trinajstić information content (AvgIpc) is 3.55. The van der Waals surface area contributed by atoms with Crippen LogP contribution >= 0.6 is 0 Å². The molecule has 10 rings (SSSR count). The second-order valence-corrected chi connectivity index (χ2v) is 15.6. The number of hydrogen-bond acceptors (Lipinski definition) is 3. The van der Waals surface area contributed by atoms with Gasteiger partial charge in [0.15, 0.2) is 5.60 Å². The van der Waals surface area contributed by atoms with Crippen molar-refractivity contribution in [2.75, 3.05) is 7.11 Å². The highest BCUT2D eigenvalue weighted by atomic mass is 16.5. The molecule has 0 saturated heterocycles. The van der Waals surface area contributed by atoms with E-state index in [0.29, 0.717) is 5.56 Å². The Hall–Kier alpha value is -6.11. The minimum Gasteiger partial charge on any atom is -0.497 e.